The monoisotopic (exact) mass is 248 g/mol. The zero-order valence-electron chi connectivity index (χ0n) is 8.40. The van der Waals surface area contributed by atoms with E-state index in [1.165, 1.54) is 11.3 Å². The Morgan fingerprint density at radius 3 is 2.88 bits per heavy atom. The molecular formula is C12H9ClN2S. The van der Waals surface area contributed by atoms with Gasteiger partial charge >= 0.3 is 0 Å². The number of thiophene rings is 1. The van der Waals surface area contributed by atoms with Gasteiger partial charge in [0.1, 0.15) is 10.9 Å². The Morgan fingerprint density at radius 2 is 2.19 bits per heavy atom. The Morgan fingerprint density at radius 1 is 1.31 bits per heavy atom. The molecule has 0 bridgehead atoms. The van der Waals surface area contributed by atoms with Crippen molar-refractivity contribution in [3.8, 4) is 6.07 Å². The molecule has 1 aromatic carbocycles. The number of benzene rings is 1. The molecule has 1 N–H and O–H groups in total. The van der Waals surface area contributed by atoms with Crippen LogP contribution in [0, 0.1) is 11.3 Å². The van der Waals surface area contributed by atoms with Gasteiger partial charge in [-0.3, -0.25) is 0 Å². The van der Waals surface area contributed by atoms with Crippen LogP contribution in [0.15, 0.2) is 36.4 Å². The van der Waals surface area contributed by atoms with Crippen LogP contribution in [0.1, 0.15) is 9.75 Å². The smallest absolute Gasteiger partial charge is 0.110 e. The second-order valence-corrected chi connectivity index (χ2v) is 4.85. The zero-order chi connectivity index (χ0) is 11.4. The van der Waals surface area contributed by atoms with E-state index in [0.717, 1.165) is 15.4 Å². The standard InChI is InChI=1S/C12H9ClN2S/c13-9-2-1-3-10(6-9)15-8-12-5-4-11(7-14)16-12/h1-6,15H,8H2. The van der Waals surface area contributed by atoms with Gasteiger partial charge in [0, 0.05) is 22.1 Å². The third-order valence-corrected chi connectivity index (χ3v) is 3.29. The highest BCUT2D eigenvalue weighted by atomic mass is 35.5. The molecule has 0 radical (unpaired) electrons. The lowest BCUT2D eigenvalue weighted by molar-refractivity contribution is 1.19. The predicted molar refractivity (Wildman–Crippen MR) is 67.8 cm³/mol. The first kappa shape index (κ1) is 11.0. The number of hydrogen-bond acceptors (Lipinski definition) is 3. The van der Waals surface area contributed by atoms with Gasteiger partial charge in [0.25, 0.3) is 0 Å². The Bertz CT molecular complexity index is 528. The number of hydrogen-bond donors (Lipinski definition) is 1. The van der Waals surface area contributed by atoms with E-state index >= 15 is 0 Å². The van der Waals surface area contributed by atoms with Crippen LogP contribution in [0.2, 0.25) is 5.02 Å². The van der Waals surface area contributed by atoms with E-state index in [1.807, 2.05) is 36.4 Å². The van der Waals surface area contributed by atoms with Crippen molar-refractivity contribution < 1.29 is 0 Å². The zero-order valence-corrected chi connectivity index (χ0v) is 9.98. The normalized spacial score (nSPS) is 9.75. The van der Waals surface area contributed by atoms with Gasteiger partial charge in [-0.1, -0.05) is 17.7 Å². The summed E-state index contributed by atoms with van der Waals surface area (Å²) < 4.78 is 0. The molecule has 0 aliphatic rings. The van der Waals surface area contributed by atoms with Gasteiger partial charge in [-0.15, -0.1) is 11.3 Å². The lowest BCUT2D eigenvalue weighted by Gasteiger charge is -2.04. The minimum absolute atomic E-state index is 0.715. The van der Waals surface area contributed by atoms with Gasteiger partial charge < -0.3 is 5.32 Å². The highest BCUT2D eigenvalue weighted by Gasteiger charge is 1.99. The van der Waals surface area contributed by atoms with Crippen LogP contribution in [-0.2, 0) is 6.54 Å². The quantitative estimate of drug-likeness (QED) is 0.895. The second-order valence-electron chi connectivity index (χ2n) is 3.24. The third kappa shape index (κ3) is 2.75. The van der Waals surface area contributed by atoms with E-state index in [2.05, 4.69) is 11.4 Å². The molecule has 0 aliphatic heterocycles. The Hall–Kier alpha value is -1.50. The van der Waals surface area contributed by atoms with Crippen molar-refractivity contribution >= 4 is 28.6 Å². The van der Waals surface area contributed by atoms with Crippen molar-refractivity contribution in [1.82, 2.24) is 0 Å². The molecule has 4 heteroatoms. The van der Waals surface area contributed by atoms with Gasteiger partial charge in [0.2, 0.25) is 0 Å². The minimum Gasteiger partial charge on any atom is -0.380 e. The summed E-state index contributed by atoms with van der Waals surface area (Å²) in [6.45, 7) is 0.715. The van der Waals surface area contributed by atoms with Crippen molar-refractivity contribution in [2.45, 2.75) is 6.54 Å². The van der Waals surface area contributed by atoms with Crippen LogP contribution in [0.5, 0.6) is 0 Å². The molecular weight excluding hydrogens is 240 g/mol. The van der Waals surface area contributed by atoms with Crippen LogP contribution in [-0.4, -0.2) is 0 Å². The summed E-state index contributed by atoms with van der Waals surface area (Å²) in [6.07, 6.45) is 0. The van der Waals surface area contributed by atoms with Crippen LogP contribution in [0.4, 0.5) is 5.69 Å². The molecule has 0 aliphatic carbocycles. The molecule has 80 valence electrons. The summed E-state index contributed by atoms with van der Waals surface area (Å²) in [6, 6.07) is 13.5. The third-order valence-electron chi connectivity index (χ3n) is 2.06. The van der Waals surface area contributed by atoms with E-state index < -0.39 is 0 Å². The van der Waals surface area contributed by atoms with Gasteiger partial charge in [-0.25, -0.2) is 0 Å². The SMILES string of the molecule is N#Cc1ccc(CNc2cccc(Cl)c2)s1. The molecule has 2 aromatic rings. The summed E-state index contributed by atoms with van der Waals surface area (Å²) in [5.74, 6) is 0. The van der Waals surface area contributed by atoms with Gasteiger partial charge in [0.05, 0.1) is 0 Å². The number of nitrogens with zero attached hydrogens (tertiary/aromatic N) is 1. The topological polar surface area (TPSA) is 35.8 Å². The first-order chi connectivity index (χ1) is 7.78. The van der Waals surface area contributed by atoms with Gasteiger partial charge in [0.15, 0.2) is 0 Å². The number of rotatable bonds is 3. The molecule has 0 saturated carbocycles. The summed E-state index contributed by atoms with van der Waals surface area (Å²) in [5, 5.41) is 12.7. The maximum absolute atomic E-state index is 8.70. The molecule has 16 heavy (non-hydrogen) atoms. The summed E-state index contributed by atoms with van der Waals surface area (Å²) >= 11 is 7.37. The van der Waals surface area contributed by atoms with Crippen molar-refractivity contribution in [2.24, 2.45) is 0 Å². The molecule has 0 fully saturated rings. The average Bonchev–Trinajstić information content (AvgIpc) is 2.74. The molecule has 2 rings (SSSR count). The van der Waals surface area contributed by atoms with E-state index in [1.54, 1.807) is 0 Å². The lowest BCUT2D eigenvalue weighted by Crippen LogP contribution is -1.96. The molecule has 0 atom stereocenters. The minimum atomic E-state index is 0.715. The Kier molecular flexibility index (Phi) is 3.45. The first-order valence-corrected chi connectivity index (χ1v) is 5.95. The fourth-order valence-electron chi connectivity index (χ4n) is 1.32. The van der Waals surface area contributed by atoms with Crippen LogP contribution < -0.4 is 5.32 Å². The van der Waals surface area contributed by atoms with Crippen LogP contribution >= 0.6 is 22.9 Å². The second kappa shape index (κ2) is 5.02. The van der Waals surface area contributed by atoms with E-state index in [-0.39, 0.29) is 0 Å². The van der Waals surface area contributed by atoms with Crippen molar-refractivity contribution in [2.75, 3.05) is 5.32 Å². The highest BCUT2D eigenvalue weighted by molar-refractivity contribution is 7.12. The maximum atomic E-state index is 8.70. The van der Waals surface area contributed by atoms with Crippen molar-refractivity contribution in [3.63, 3.8) is 0 Å². The van der Waals surface area contributed by atoms with Crippen LogP contribution in [0.25, 0.3) is 0 Å². The van der Waals surface area contributed by atoms with E-state index in [9.17, 15) is 0 Å². The lowest BCUT2D eigenvalue weighted by atomic mass is 10.3. The van der Waals surface area contributed by atoms with Crippen molar-refractivity contribution in [1.29, 1.82) is 5.26 Å². The van der Waals surface area contributed by atoms with Crippen LogP contribution in [0.3, 0.4) is 0 Å². The predicted octanol–water partition coefficient (Wildman–Crippen LogP) is 3.89. The van der Waals surface area contributed by atoms with Crippen molar-refractivity contribution in [3.05, 3.63) is 51.2 Å². The maximum Gasteiger partial charge on any atom is 0.110 e. The first-order valence-electron chi connectivity index (χ1n) is 4.76. The Balaban J connectivity index is 2.00. The average molecular weight is 249 g/mol. The van der Waals surface area contributed by atoms with E-state index in [0.29, 0.717) is 11.6 Å². The fourth-order valence-corrected chi connectivity index (χ4v) is 2.26. The molecule has 0 unspecified atom stereocenters. The highest BCUT2D eigenvalue weighted by Crippen LogP contribution is 2.19. The summed E-state index contributed by atoms with van der Waals surface area (Å²) in [7, 11) is 0. The molecule has 0 amide bonds. The van der Waals surface area contributed by atoms with E-state index in [4.69, 9.17) is 16.9 Å². The Labute approximate surface area is 103 Å². The largest absolute Gasteiger partial charge is 0.380 e. The summed E-state index contributed by atoms with van der Waals surface area (Å²) in [4.78, 5) is 1.87. The fraction of sp³-hybridized carbons (Fsp3) is 0.0833. The molecule has 1 heterocycles. The number of halogens is 1. The molecule has 2 nitrogen and oxygen atoms in total. The number of anilines is 1. The molecule has 1 aromatic heterocycles. The molecule has 0 spiro atoms. The summed E-state index contributed by atoms with van der Waals surface area (Å²) in [5.41, 5.74) is 0.986. The van der Waals surface area contributed by atoms with Gasteiger partial charge in [-0.05, 0) is 30.3 Å². The van der Waals surface area contributed by atoms with Gasteiger partial charge in [-0.2, -0.15) is 5.26 Å². The molecule has 0 saturated heterocycles. The number of nitrogens with one attached hydrogen (secondary N) is 1. The number of nitriles is 1.